The third kappa shape index (κ3) is 13.4. The van der Waals surface area contributed by atoms with Gasteiger partial charge in [0.15, 0.2) is 0 Å². The van der Waals surface area contributed by atoms with Crippen LogP contribution in [0.2, 0.25) is 0 Å². The van der Waals surface area contributed by atoms with Crippen LogP contribution < -0.4 is 0 Å². The van der Waals surface area contributed by atoms with Crippen LogP contribution in [0.25, 0.3) is 10.7 Å². The molecule has 0 bridgehead atoms. The molecule has 0 heterocycles. The molecule has 0 amide bonds. The van der Waals surface area contributed by atoms with E-state index in [1.165, 1.54) is 38.2 Å². The normalized spacial score (nSPS) is 12.6. The number of hydrogen-bond donors (Lipinski definition) is 0. The van der Waals surface area contributed by atoms with Crippen molar-refractivity contribution < 1.29 is 0 Å². The van der Waals surface area contributed by atoms with Crippen molar-refractivity contribution in [3.05, 3.63) is 118 Å². The summed E-state index contributed by atoms with van der Waals surface area (Å²) in [7, 11) is 0. The molecule has 0 atom stereocenters. The average Bonchev–Trinajstić information content (AvgIpc) is 2.84. The van der Waals surface area contributed by atoms with E-state index in [-0.39, 0.29) is 0 Å². The van der Waals surface area contributed by atoms with Crippen molar-refractivity contribution in [2.24, 2.45) is 0 Å². The SMILES string of the molecule is C/C(I)=C(\I)c1ccccc1.C/C(I)=C(\I)c1ccccc1.C/C(I)=C(\I)c1ccccc1. The van der Waals surface area contributed by atoms with Crippen molar-refractivity contribution in [1.82, 2.24) is 0 Å². The fourth-order valence-electron chi connectivity index (χ4n) is 2.35. The Bertz CT molecular complexity index is 916. The Hall–Kier alpha value is 1.26. The molecule has 6 heteroatoms. The fourth-order valence-corrected chi connectivity index (χ4v) is 4.36. The minimum atomic E-state index is 1.31. The fraction of sp³-hybridized carbons (Fsp3) is 0.111. The van der Waals surface area contributed by atoms with Crippen molar-refractivity contribution in [2.75, 3.05) is 0 Å². The first-order chi connectivity index (χ1) is 15.6. The summed E-state index contributed by atoms with van der Waals surface area (Å²) in [4.78, 5) is 0. The Kier molecular flexibility index (Phi) is 18.1. The molecule has 174 valence electrons. The number of hydrogen-bond acceptors (Lipinski definition) is 0. The zero-order valence-electron chi connectivity index (χ0n) is 18.4. The molecule has 0 spiro atoms. The van der Waals surface area contributed by atoms with Gasteiger partial charge in [0, 0.05) is 21.5 Å². The Morgan fingerprint density at radius 2 is 0.545 bits per heavy atom. The number of rotatable bonds is 3. The molecule has 0 aromatic heterocycles. The second-order valence-corrected chi connectivity index (χ2v) is 14.7. The van der Waals surface area contributed by atoms with Crippen molar-refractivity contribution in [3.8, 4) is 0 Å². The standard InChI is InChI=1S/3C9H8I2/c3*1-7(10)9(11)8-5-3-2-4-6-8/h3*2-6H,1H3/b3*9-7+. The lowest BCUT2D eigenvalue weighted by Crippen LogP contribution is -1.74. The molecule has 0 radical (unpaired) electrons. The molecule has 3 aromatic carbocycles. The van der Waals surface area contributed by atoms with Gasteiger partial charge in [-0.05, 0) is 173 Å². The Morgan fingerprint density at radius 1 is 0.364 bits per heavy atom. The average molecular weight is 1110 g/mol. The van der Waals surface area contributed by atoms with E-state index >= 15 is 0 Å². The Morgan fingerprint density at radius 3 is 0.697 bits per heavy atom. The first-order valence-corrected chi connectivity index (χ1v) is 16.3. The molecular formula is C27H24I6. The molecule has 0 aliphatic rings. The summed E-state index contributed by atoms with van der Waals surface area (Å²) in [6.07, 6.45) is 0. The molecule has 0 unspecified atom stereocenters. The van der Waals surface area contributed by atoms with E-state index in [0.29, 0.717) is 0 Å². The first kappa shape index (κ1) is 32.3. The van der Waals surface area contributed by atoms with Crippen molar-refractivity contribution >= 4 is 146 Å². The van der Waals surface area contributed by atoms with Gasteiger partial charge in [0.1, 0.15) is 0 Å². The molecule has 0 saturated heterocycles. The van der Waals surface area contributed by atoms with E-state index in [2.05, 4.69) is 229 Å². The summed E-state index contributed by atoms with van der Waals surface area (Å²) >= 11 is 14.1. The minimum absolute atomic E-state index is 1.31. The third-order valence-corrected chi connectivity index (χ3v) is 13.0. The summed E-state index contributed by atoms with van der Waals surface area (Å²) in [6, 6.07) is 31.3. The van der Waals surface area contributed by atoms with Gasteiger partial charge in [-0.15, -0.1) is 0 Å². The highest BCUT2D eigenvalue weighted by Gasteiger charge is 1.98. The predicted molar refractivity (Wildman–Crippen MR) is 201 cm³/mol. The maximum atomic E-state index is 2.37. The van der Waals surface area contributed by atoms with Gasteiger partial charge in [-0.1, -0.05) is 91.0 Å². The zero-order valence-corrected chi connectivity index (χ0v) is 31.4. The highest BCUT2D eigenvalue weighted by molar-refractivity contribution is 14.1. The summed E-state index contributed by atoms with van der Waals surface area (Å²) in [6.45, 7) is 6.36. The van der Waals surface area contributed by atoms with Crippen LogP contribution in [0.5, 0.6) is 0 Å². The minimum Gasteiger partial charge on any atom is -0.0622 e. The van der Waals surface area contributed by atoms with Gasteiger partial charge in [-0.25, -0.2) is 0 Å². The Balaban J connectivity index is 0.000000247. The zero-order chi connectivity index (χ0) is 24.8. The quantitative estimate of drug-likeness (QED) is 0.229. The summed E-state index contributed by atoms with van der Waals surface area (Å²) < 4.78 is 8.04. The highest BCUT2D eigenvalue weighted by atomic mass is 127. The summed E-state index contributed by atoms with van der Waals surface area (Å²) in [5.74, 6) is 0. The van der Waals surface area contributed by atoms with Crippen molar-refractivity contribution in [3.63, 3.8) is 0 Å². The van der Waals surface area contributed by atoms with Crippen LogP contribution in [0.3, 0.4) is 0 Å². The lowest BCUT2D eigenvalue weighted by atomic mass is 10.2. The molecule has 3 aromatic rings. The van der Waals surface area contributed by atoms with E-state index < -0.39 is 0 Å². The van der Waals surface area contributed by atoms with Crippen LogP contribution in [0.1, 0.15) is 37.5 Å². The second-order valence-electron chi connectivity index (χ2n) is 6.64. The van der Waals surface area contributed by atoms with E-state index in [9.17, 15) is 0 Å². The van der Waals surface area contributed by atoms with Gasteiger partial charge in [0.05, 0.1) is 0 Å². The highest BCUT2D eigenvalue weighted by Crippen LogP contribution is 2.30. The van der Waals surface area contributed by atoms with Gasteiger partial charge < -0.3 is 0 Å². The maximum absolute atomic E-state index is 2.37. The molecule has 3 rings (SSSR count). The van der Waals surface area contributed by atoms with Gasteiger partial charge in [-0.3, -0.25) is 0 Å². The van der Waals surface area contributed by atoms with E-state index in [1.54, 1.807) is 0 Å². The molecular weight excluding hydrogens is 1090 g/mol. The van der Waals surface area contributed by atoms with Crippen LogP contribution >= 0.6 is 136 Å². The predicted octanol–water partition coefficient (Wildman–Crippen LogP) is 12.7. The molecule has 0 aliphatic heterocycles. The van der Waals surface area contributed by atoms with Gasteiger partial charge in [0.25, 0.3) is 0 Å². The molecule has 0 saturated carbocycles. The van der Waals surface area contributed by atoms with Crippen molar-refractivity contribution in [2.45, 2.75) is 20.8 Å². The van der Waals surface area contributed by atoms with E-state index in [0.717, 1.165) is 0 Å². The van der Waals surface area contributed by atoms with E-state index in [4.69, 9.17) is 0 Å². The third-order valence-electron chi connectivity index (χ3n) is 3.99. The van der Waals surface area contributed by atoms with Crippen LogP contribution in [-0.4, -0.2) is 0 Å². The van der Waals surface area contributed by atoms with Crippen LogP contribution in [-0.2, 0) is 0 Å². The number of allylic oxidation sites excluding steroid dienone is 3. The first-order valence-electron chi connectivity index (χ1n) is 9.87. The van der Waals surface area contributed by atoms with Gasteiger partial charge >= 0.3 is 0 Å². The molecule has 0 fully saturated rings. The van der Waals surface area contributed by atoms with Crippen LogP contribution in [0.4, 0.5) is 0 Å². The summed E-state index contributed by atoms with van der Waals surface area (Å²) in [5.41, 5.74) is 3.92. The lowest BCUT2D eigenvalue weighted by molar-refractivity contribution is 1.63. The smallest absolute Gasteiger partial charge is 0.0292 e. The topological polar surface area (TPSA) is 0 Å². The monoisotopic (exact) mass is 1110 g/mol. The number of benzene rings is 3. The Labute approximate surface area is 280 Å². The maximum Gasteiger partial charge on any atom is 0.0292 e. The van der Waals surface area contributed by atoms with E-state index in [1.807, 2.05) is 18.2 Å². The van der Waals surface area contributed by atoms with Crippen LogP contribution in [0.15, 0.2) is 102 Å². The molecule has 0 aliphatic carbocycles. The largest absolute Gasteiger partial charge is 0.0622 e. The molecule has 0 nitrogen and oxygen atoms in total. The van der Waals surface area contributed by atoms with Gasteiger partial charge in [-0.2, -0.15) is 0 Å². The van der Waals surface area contributed by atoms with Gasteiger partial charge in [0.2, 0.25) is 0 Å². The molecule has 0 N–H and O–H groups in total. The lowest BCUT2D eigenvalue weighted by Gasteiger charge is -1.99. The number of halogens is 6. The van der Waals surface area contributed by atoms with Crippen molar-refractivity contribution in [1.29, 1.82) is 0 Å². The van der Waals surface area contributed by atoms with Crippen LogP contribution in [0, 0.1) is 0 Å². The molecule has 33 heavy (non-hydrogen) atoms. The second kappa shape index (κ2) is 18.5. The summed E-state index contributed by atoms with van der Waals surface area (Å²) in [5, 5.41) is 0.